The summed E-state index contributed by atoms with van der Waals surface area (Å²) in [7, 11) is 0. The van der Waals surface area contributed by atoms with Gasteiger partial charge in [-0.1, -0.05) is 15.9 Å². The van der Waals surface area contributed by atoms with E-state index in [9.17, 15) is 22.0 Å². The Balaban J connectivity index is 0.00000289. The first-order valence-electron chi connectivity index (χ1n) is 4.26. The number of hydrogen-bond donors (Lipinski definition) is 2. The van der Waals surface area contributed by atoms with E-state index in [0.29, 0.717) is 0 Å². The fraction of sp³-hybridized carbons (Fsp3) is 0.333. The number of halogens is 7. The summed E-state index contributed by atoms with van der Waals surface area (Å²) < 4.78 is 62.2. The molecule has 3 N–H and O–H groups in total. The lowest BCUT2D eigenvalue weighted by Crippen LogP contribution is -2.45. The lowest BCUT2D eigenvalue weighted by atomic mass is 10.0. The van der Waals surface area contributed by atoms with Crippen molar-refractivity contribution in [3.8, 4) is 5.75 Å². The van der Waals surface area contributed by atoms with Crippen molar-refractivity contribution in [2.75, 3.05) is 0 Å². The largest absolute Gasteiger partial charge is 0.508 e. The Kier molecular flexibility index (Phi) is 5.39. The van der Waals surface area contributed by atoms with Crippen molar-refractivity contribution in [1.82, 2.24) is 0 Å². The molecule has 9 heteroatoms. The van der Waals surface area contributed by atoms with Gasteiger partial charge in [0.15, 0.2) is 0 Å². The van der Waals surface area contributed by atoms with E-state index < -0.39 is 29.5 Å². The lowest BCUT2D eigenvalue weighted by molar-refractivity contribution is -0.291. The van der Waals surface area contributed by atoms with Gasteiger partial charge in [-0.25, -0.2) is 0 Å². The van der Waals surface area contributed by atoms with Crippen molar-refractivity contribution in [1.29, 1.82) is 0 Å². The third-order valence-corrected chi connectivity index (χ3v) is 2.81. The maximum absolute atomic E-state index is 13.0. The number of alkyl halides is 5. The molecule has 0 heterocycles. The Hall–Kier alpha value is -0.600. The van der Waals surface area contributed by atoms with Crippen LogP contribution in [0.2, 0.25) is 0 Å². The predicted molar refractivity (Wildman–Crippen MR) is 61.0 cm³/mol. The standard InChI is InChI=1S/C9H7BrF5NO.ClH/c10-6-2-1-4(17)3-5(6)7(16)8(11,12)9(13,14)15;/h1-3,7,17H,16H2;1H/t7-;/m1./s1. The first kappa shape index (κ1) is 17.4. The summed E-state index contributed by atoms with van der Waals surface area (Å²) in [5, 5.41) is 9.05. The zero-order valence-corrected chi connectivity index (χ0v) is 10.9. The number of aromatic hydroxyl groups is 1. The summed E-state index contributed by atoms with van der Waals surface area (Å²) in [5.41, 5.74) is 4.40. The number of phenols is 1. The van der Waals surface area contributed by atoms with Gasteiger partial charge in [-0.05, 0) is 23.8 Å². The smallest absolute Gasteiger partial charge is 0.455 e. The molecular weight excluding hydrogens is 348 g/mol. The monoisotopic (exact) mass is 355 g/mol. The average molecular weight is 357 g/mol. The summed E-state index contributed by atoms with van der Waals surface area (Å²) in [6, 6.07) is 0.432. The number of nitrogens with two attached hydrogens (primary N) is 1. The summed E-state index contributed by atoms with van der Waals surface area (Å²) in [4.78, 5) is 0. The van der Waals surface area contributed by atoms with Gasteiger partial charge in [0.05, 0.1) is 0 Å². The van der Waals surface area contributed by atoms with Crippen LogP contribution in [0.25, 0.3) is 0 Å². The molecular formula is C9H8BrClF5NO. The summed E-state index contributed by atoms with van der Waals surface area (Å²) in [5.74, 6) is -5.53. The van der Waals surface area contributed by atoms with Crippen LogP contribution < -0.4 is 5.73 Å². The fourth-order valence-corrected chi connectivity index (χ4v) is 1.63. The molecule has 1 rings (SSSR count). The van der Waals surface area contributed by atoms with Gasteiger partial charge in [-0.15, -0.1) is 12.4 Å². The Morgan fingerprint density at radius 2 is 1.67 bits per heavy atom. The second-order valence-corrected chi connectivity index (χ2v) is 4.16. The molecule has 0 spiro atoms. The number of rotatable bonds is 2. The third-order valence-electron chi connectivity index (χ3n) is 2.08. The summed E-state index contributed by atoms with van der Waals surface area (Å²) in [6.45, 7) is 0. The highest BCUT2D eigenvalue weighted by atomic mass is 79.9. The summed E-state index contributed by atoms with van der Waals surface area (Å²) >= 11 is 2.80. The molecule has 0 radical (unpaired) electrons. The molecule has 0 aliphatic carbocycles. The molecule has 0 saturated heterocycles. The van der Waals surface area contributed by atoms with E-state index in [2.05, 4.69) is 15.9 Å². The van der Waals surface area contributed by atoms with Crippen LogP contribution in [-0.4, -0.2) is 17.2 Å². The molecule has 1 aromatic rings. The number of hydrogen-bond acceptors (Lipinski definition) is 2. The van der Waals surface area contributed by atoms with Gasteiger partial charge < -0.3 is 10.8 Å². The second kappa shape index (κ2) is 5.58. The zero-order valence-electron chi connectivity index (χ0n) is 8.51. The van der Waals surface area contributed by atoms with Crippen LogP contribution in [0.5, 0.6) is 5.75 Å². The quantitative estimate of drug-likeness (QED) is 0.792. The minimum absolute atomic E-state index is 0. The van der Waals surface area contributed by atoms with Crippen molar-refractivity contribution in [3.05, 3.63) is 28.2 Å². The lowest BCUT2D eigenvalue weighted by Gasteiger charge is -2.26. The van der Waals surface area contributed by atoms with Gasteiger partial charge in [-0.3, -0.25) is 0 Å². The van der Waals surface area contributed by atoms with E-state index in [1.807, 2.05) is 0 Å². The van der Waals surface area contributed by atoms with Gasteiger partial charge in [0.2, 0.25) is 0 Å². The topological polar surface area (TPSA) is 46.2 Å². The van der Waals surface area contributed by atoms with Gasteiger partial charge in [0.1, 0.15) is 11.8 Å². The average Bonchev–Trinajstić information content (AvgIpc) is 2.19. The van der Waals surface area contributed by atoms with E-state index in [0.717, 1.165) is 18.2 Å². The van der Waals surface area contributed by atoms with Gasteiger partial charge in [0.25, 0.3) is 0 Å². The van der Waals surface area contributed by atoms with Gasteiger partial charge in [-0.2, -0.15) is 22.0 Å². The Morgan fingerprint density at radius 3 is 2.11 bits per heavy atom. The molecule has 0 aliphatic rings. The molecule has 1 atom stereocenters. The second-order valence-electron chi connectivity index (χ2n) is 3.30. The maximum atomic E-state index is 13.0. The molecule has 0 unspecified atom stereocenters. The molecule has 2 nitrogen and oxygen atoms in total. The fourth-order valence-electron chi connectivity index (χ4n) is 1.14. The van der Waals surface area contributed by atoms with Crippen LogP contribution in [0.1, 0.15) is 11.6 Å². The molecule has 104 valence electrons. The Bertz CT molecular complexity index is 426. The van der Waals surface area contributed by atoms with E-state index in [-0.39, 0.29) is 16.9 Å². The molecule has 1 aromatic carbocycles. The van der Waals surface area contributed by atoms with E-state index in [1.165, 1.54) is 0 Å². The Labute approximate surface area is 114 Å². The maximum Gasteiger partial charge on any atom is 0.455 e. The van der Waals surface area contributed by atoms with Crippen molar-refractivity contribution in [2.24, 2.45) is 5.73 Å². The van der Waals surface area contributed by atoms with Crippen LogP contribution in [0, 0.1) is 0 Å². The highest BCUT2D eigenvalue weighted by molar-refractivity contribution is 9.10. The first-order chi connectivity index (χ1) is 7.57. The molecule has 18 heavy (non-hydrogen) atoms. The van der Waals surface area contributed by atoms with Crippen molar-refractivity contribution >= 4 is 28.3 Å². The van der Waals surface area contributed by atoms with Crippen molar-refractivity contribution in [2.45, 2.75) is 18.1 Å². The number of benzene rings is 1. The van der Waals surface area contributed by atoms with Crippen LogP contribution in [0.3, 0.4) is 0 Å². The van der Waals surface area contributed by atoms with Crippen LogP contribution in [0.15, 0.2) is 22.7 Å². The zero-order chi connectivity index (χ0) is 13.4. The third kappa shape index (κ3) is 3.24. The minimum atomic E-state index is -5.75. The normalized spacial score (nSPS) is 13.9. The molecule has 0 saturated carbocycles. The minimum Gasteiger partial charge on any atom is -0.508 e. The van der Waals surface area contributed by atoms with Gasteiger partial charge >= 0.3 is 12.1 Å². The predicted octanol–water partition coefficient (Wildman–Crippen LogP) is 3.77. The van der Waals surface area contributed by atoms with Crippen molar-refractivity contribution < 1.29 is 27.1 Å². The molecule has 0 bridgehead atoms. The molecule has 0 aliphatic heterocycles. The number of phenolic OH excluding ortho intramolecular Hbond substituents is 1. The van der Waals surface area contributed by atoms with Crippen LogP contribution >= 0.6 is 28.3 Å². The van der Waals surface area contributed by atoms with Crippen molar-refractivity contribution in [3.63, 3.8) is 0 Å². The molecule has 0 amide bonds. The van der Waals surface area contributed by atoms with E-state index >= 15 is 0 Å². The first-order valence-corrected chi connectivity index (χ1v) is 5.05. The van der Waals surface area contributed by atoms with Gasteiger partial charge in [0, 0.05) is 4.47 Å². The molecule has 0 aromatic heterocycles. The SMILES string of the molecule is Cl.N[C@H](c1cc(O)ccc1Br)C(F)(F)C(F)(F)F. The van der Waals surface area contributed by atoms with Crippen LogP contribution in [0.4, 0.5) is 22.0 Å². The van der Waals surface area contributed by atoms with Crippen LogP contribution in [-0.2, 0) is 0 Å². The Morgan fingerprint density at radius 1 is 1.17 bits per heavy atom. The summed E-state index contributed by atoms with van der Waals surface area (Å²) in [6.07, 6.45) is -5.75. The highest BCUT2D eigenvalue weighted by Crippen LogP contribution is 2.45. The molecule has 0 fully saturated rings. The van der Waals surface area contributed by atoms with E-state index in [4.69, 9.17) is 10.8 Å². The highest BCUT2D eigenvalue weighted by Gasteiger charge is 2.62. The van der Waals surface area contributed by atoms with E-state index in [1.54, 1.807) is 0 Å².